The Morgan fingerprint density at radius 2 is 1.54 bits per heavy atom. The van der Waals surface area contributed by atoms with Crippen LogP contribution in [0.5, 0.6) is 0 Å². The molecule has 2 aliphatic rings. The fraction of sp³-hybridized carbons (Fsp3) is 0.950. The first-order valence-electron chi connectivity index (χ1n) is 9.56. The lowest BCUT2D eigenvalue weighted by molar-refractivity contribution is -0.127. The molecule has 140 valence electrons. The van der Waals surface area contributed by atoms with Gasteiger partial charge >= 0.3 is 0 Å². The van der Waals surface area contributed by atoms with Crippen molar-refractivity contribution in [1.82, 2.24) is 0 Å². The summed E-state index contributed by atoms with van der Waals surface area (Å²) in [6, 6.07) is 0. The molecule has 0 saturated heterocycles. The molecule has 0 bridgehead atoms. The maximum Gasteiger partial charge on any atom is 0.169 e. The van der Waals surface area contributed by atoms with Gasteiger partial charge in [-0.2, -0.15) is 0 Å². The van der Waals surface area contributed by atoms with Gasteiger partial charge in [-0.25, -0.2) is 4.21 Å². The molecule has 24 heavy (non-hydrogen) atoms. The molecular formula is C20H36O3S. The highest BCUT2D eigenvalue weighted by molar-refractivity contribution is 7.82. The number of carbonyl (C=O) groups is 1. The van der Waals surface area contributed by atoms with Crippen molar-refractivity contribution >= 4 is 16.9 Å². The predicted octanol–water partition coefficient (Wildman–Crippen LogP) is 5.20. The van der Waals surface area contributed by atoms with Gasteiger partial charge in [0.25, 0.3) is 0 Å². The average molecular weight is 357 g/mol. The van der Waals surface area contributed by atoms with Crippen LogP contribution in [0.15, 0.2) is 0 Å². The van der Waals surface area contributed by atoms with Crippen molar-refractivity contribution in [3.8, 4) is 0 Å². The summed E-state index contributed by atoms with van der Waals surface area (Å²) >= 11 is -1.57. The molecular weight excluding hydrogens is 320 g/mol. The van der Waals surface area contributed by atoms with Gasteiger partial charge < -0.3 is 0 Å². The normalized spacial score (nSPS) is 31.4. The van der Waals surface area contributed by atoms with E-state index in [2.05, 4.69) is 27.7 Å². The number of hydrogen-bond donors (Lipinski definition) is 0. The van der Waals surface area contributed by atoms with E-state index in [0.29, 0.717) is 0 Å². The summed E-state index contributed by atoms with van der Waals surface area (Å²) in [6.45, 7) is 12.6. The van der Waals surface area contributed by atoms with E-state index in [1.54, 1.807) is 13.8 Å². The Balaban J connectivity index is 2.00. The summed E-state index contributed by atoms with van der Waals surface area (Å²) in [7, 11) is 0. The highest BCUT2D eigenvalue weighted by Crippen LogP contribution is 2.42. The standard InChI is InChI=1S/C20H36O3S/c1-18(2)11-7-9-15(13-18)17(21)20(5,6)24(22)23-16-10-8-12-19(3,4)14-16/h15-16H,7-14H2,1-6H3. The first kappa shape index (κ1) is 20.1. The van der Waals surface area contributed by atoms with Gasteiger partial charge in [0.2, 0.25) is 0 Å². The van der Waals surface area contributed by atoms with Gasteiger partial charge in [0.05, 0.1) is 6.10 Å². The van der Waals surface area contributed by atoms with Crippen molar-refractivity contribution in [2.24, 2.45) is 16.7 Å². The highest BCUT2D eigenvalue weighted by atomic mass is 32.2. The van der Waals surface area contributed by atoms with Crippen molar-refractivity contribution in [1.29, 1.82) is 0 Å². The van der Waals surface area contributed by atoms with E-state index in [1.807, 2.05) is 0 Å². The van der Waals surface area contributed by atoms with Crippen molar-refractivity contribution in [2.45, 2.75) is 104 Å². The zero-order chi connectivity index (χ0) is 18.2. The molecule has 3 unspecified atom stereocenters. The lowest BCUT2D eigenvalue weighted by Gasteiger charge is -2.38. The lowest BCUT2D eigenvalue weighted by atomic mass is 9.69. The zero-order valence-corrected chi connectivity index (χ0v) is 17.3. The fourth-order valence-electron chi connectivity index (χ4n) is 4.45. The van der Waals surface area contributed by atoms with E-state index in [1.165, 1.54) is 12.8 Å². The van der Waals surface area contributed by atoms with E-state index >= 15 is 0 Å². The molecule has 0 N–H and O–H groups in total. The molecule has 0 radical (unpaired) electrons. The van der Waals surface area contributed by atoms with E-state index in [9.17, 15) is 9.00 Å². The third-order valence-corrected chi connectivity index (χ3v) is 7.45. The van der Waals surface area contributed by atoms with E-state index in [4.69, 9.17) is 4.18 Å². The minimum Gasteiger partial charge on any atom is -0.298 e. The first-order valence-corrected chi connectivity index (χ1v) is 10.6. The summed E-state index contributed by atoms with van der Waals surface area (Å²) in [5, 5.41) is 0. The van der Waals surface area contributed by atoms with Gasteiger partial charge in [0.1, 0.15) is 4.75 Å². The van der Waals surface area contributed by atoms with Crippen LogP contribution < -0.4 is 0 Å². The van der Waals surface area contributed by atoms with Crippen LogP contribution in [0.2, 0.25) is 0 Å². The third kappa shape index (κ3) is 4.91. The molecule has 2 aliphatic carbocycles. The Labute approximate surface area is 151 Å². The van der Waals surface area contributed by atoms with Gasteiger partial charge in [0.15, 0.2) is 16.9 Å². The quantitative estimate of drug-likeness (QED) is 0.680. The summed E-state index contributed by atoms with van der Waals surface area (Å²) in [5.41, 5.74) is 0.457. The Bertz CT molecular complexity index is 493. The molecule has 0 aromatic rings. The van der Waals surface area contributed by atoms with Crippen molar-refractivity contribution < 1.29 is 13.2 Å². The average Bonchev–Trinajstić information content (AvgIpc) is 2.44. The Kier molecular flexibility index (Phi) is 6.02. The van der Waals surface area contributed by atoms with E-state index in [0.717, 1.165) is 38.5 Å². The maximum absolute atomic E-state index is 13.0. The highest BCUT2D eigenvalue weighted by Gasteiger charge is 2.44. The second kappa shape index (κ2) is 7.19. The number of hydrogen-bond acceptors (Lipinski definition) is 3. The number of rotatable bonds is 5. The lowest BCUT2D eigenvalue weighted by Crippen LogP contribution is -2.45. The van der Waals surface area contributed by atoms with Crippen LogP contribution >= 0.6 is 0 Å². The van der Waals surface area contributed by atoms with Gasteiger partial charge in [-0.3, -0.25) is 8.98 Å². The van der Waals surface area contributed by atoms with Gasteiger partial charge in [-0.05, 0) is 63.2 Å². The van der Waals surface area contributed by atoms with Crippen LogP contribution in [0.4, 0.5) is 0 Å². The van der Waals surface area contributed by atoms with Crippen molar-refractivity contribution in [3.63, 3.8) is 0 Å². The Hall–Kier alpha value is -0.220. The predicted molar refractivity (Wildman–Crippen MR) is 100 cm³/mol. The number of ketones is 1. The summed E-state index contributed by atoms with van der Waals surface area (Å²) in [5.74, 6) is 0.155. The molecule has 2 saturated carbocycles. The Morgan fingerprint density at radius 3 is 2.08 bits per heavy atom. The molecule has 3 nitrogen and oxygen atoms in total. The molecule has 0 aromatic heterocycles. The van der Waals surface area contributed by atoms with Crippen LogP contribution in [0.25, 0.3) is 0 Å². The van der Waals surface area contributed by atoms with Gasteiger partial charge in [-0.1, -0.05) is 40.5 Å². The SMILES string of the molecule is CC1(C)CCCC(OS(=O)C(C)(C)C(=O)C2CCCC(C)(C)C2)C1. The van der Waals surface area contributed by atoms with E-state index in [-0.39, 0.29) is 28.6 Å². The molecule has 0 aliphatic heterocycles. The summed E-state index contributed by atoms with van der Waals surface area (Å²) in [4.78, 5) is 13.0. The zero-order valence-electron chi connectivity index (χ0n) is 16.4. The second-order valence-electron chi connectivity index (χ2n) is 10.0. The molecule has 0 spiro atoms. The smallest absolute Gasteiger partial charge is 0.169 e. The van der Waals surface area contributed by atoms with Crippen LogP contribution in [0.3, 0.4) is 0 Å². The third-order valence-electron chi connectivity index (χ3n) is 5.97. The van der Waals surface area contributed by atoms with Crippen molar-refractivity contribution in [2.75, 3.05) is 0 Å². The second-order valence-corrected chi connectivity index (χ2v) is 11.7. The Morgan fingerprint density at radius 1 is 1.00 bits per heavy atom. The monoisotopic (exact) mass is 356 g/mol. The molecule has 4 heteroatoms. The van der Waals surface area contributed by atoms with E-state index < -0.39 is 15.8 Å². The molecule has 0 aromatic carbocycles. The van der Waals surface area contributed by atoms with Crippen LogP contribution in [0, 0.1) is 16.7 Å². The number of Topliss-reactive ketones (excluding diaryl/α,β-unsaturated/α-hetero) is 1. The minimum atomic E-state index is -1.57. The van der Waals surface area contributed by atoms with Crippen LogP contribution in [-0.2, 0) is 20.1 Å². The fourth-order valence-corrected chi connectivity index (χ4v) is 5.43. The number of carbonyl (C=O) groups excluding carboxylic acids is 1. The molecule has 3 atom stereocenters. The molecule has 0 heterocycles. The summed E-state index contributed by atoms with van der Waals surface area (Å²) < 4.78 is 17.8. The van der Waals surface area contributed by atoms with Crippen molar-refractivity contribution in [3.05, 3.63) is 0 Å². The van der Waals surface area contributed by atoms with Gasteiger partial charge in [-0.15, -0.1) is 0 Å². The summed E-state index contributed by atoms with van der Waals surface area (Å²) in [6.07, 6.45) is 8.30. The van der Waals surface area contributed by atoms with Crippen LogP contribution in [-0.4, -0.2) is 20.8 Å². The minimum absolute atomic E-state index is 0.0180. The topological polar surface area (TPSA) is 43.4 Å². The van der Waals surface area contributed by atoms with Crippen LogP contribution in [0.1, 0.15) is 92.9 Å². The first-order chi connectivity index (χ1) is 10.9. The van der Waals surface area contributed by atoms with Gasteiger partial charge in [0, 0.05) is 5.92 Å². The molecule has 2 rings (SSSR count). The maximum atomic E-state index is 13.0. The molecule has 0 amide bonds. The largest absolute Gasteiger partial charge is 0.298 e. The molecule has 2 fully saturated rings.